The normalized spacial score (nSPS) is 13.1. The molecule has 84 valence electrons. The molecule has 0 fully saturated rings. The van der Waals surface area contributed by atoms with Gasteiger partial charge < -0.3 is 4.90 Å². The van der Waals surface area contributed by atoms with Crippen LogP contribution in [0.3, 0.4) is 0 Å². The quantitative estimate of drug-likeness (QED) is 0.739. The minimum absolute atomic E-state index is 0.0717. The molecule has 0 amide bonds. The van der Waals surface area contributed by atoms with Crippen molar-refractivity contribution in [2.75, 3.05) is 19.6 Å². The van der Waals surface area contributed by atoms with Crippen molar-refractivity contribution in [2.24, 2.45) is 0 Å². The van der Waals surface area contributed by atoms with Crippen LogP contribution >= 0.6 is 27.5 Å². The number of hydrogen-bond acceptors (Lipinski definition) is 1. The molecule has 0 aliphatic carbocycles. The van der Waals surface area contributed by atoms with E-state index in [0.717, 1.165) is 24.1 Å². The van der Waals surface area contributed by atoms with Crippen LogP contribution in [0.4, 0.5) is 0 Å². The van der Waals surface area contributed by atoms with Gasteiger partial charge in [0, 0.05) is 11.0 Å². The number of halogens is 2. The van der Waals surface area contributed by atoms with Gasteiger partial charge in [-0.25, -0.2) is 0 Å². The molecule has 0 heterocycles. The highest BCUT2D eigenvalue weighted by Gasteiger charge is 2.11. The summed E-state index contributed by atoms with van der Waals surface area (Å²) in [7, 11) is 0. The Morgan fingerprint density at radius 1 is 1.33 bits per heavy atom. The second-order valence-corrected chi connectivity index (χ2v) is 4.95. The molecule has 0 aliphatic rings. The first kappa shape index (κ1) is 13.0. The zero-order valence-corrected chi connectivity index (χ0v) is 11.6. The van der Waals surface area contributed by atoms with E-state index in [0.29, 0.717) is 0 Å². The topological polar surface area (TPSA) is 3.24 Å². The van der Waals surface area contributed by atoms with E-state index in [9.17, 15) is 0 Å². The molecule has 1 rings (SSSR count). The smallest absolute Gasteiger partial charge is 0.0712 e. The monoisotopic (exact) mass is 289 g/mol. The molecule has 0 radical (unpaired) electrons. The molecule has 0 bridgehead atoms. The van der Waals surface area contributed by atoms with Crippen molar-refractivity contribution in [3.63, 3.8) is 0 Å². The molecule has 1 aromatic rings. The van der Waals surface area contributed by atoms with Gasteiger partial charge in [0.2, 0.25) is 0 Å². The average molecular weight is 291 g/mol. The van der Waals surface area contributed by atoms with Gasteiger partial charge in [-0.15, -0.1) is 11.6 Å². The summed E-state index contributed by atoms with van der Waals surface area (Å²) in [6.45, 7) is 7.33. The van der Waals surface area contributed by atoms with Crippen molar-refractivity contribution in [2.45, 2.75) is 19.2 Å². The molecule has 0 saturated heterocycles. The highest BCUT2D eigenvalue weighted by atomic mass is 79.9. The molecule has 15 heavy (non-hydrogen) atoms. The Labute approximate surface area is 106 Å². The Morgan fingerprint density at radius 3 is 2.53 bits per heavy atom. The summed E-state index contributed by atoms with van der Waals surface area (Å²) in [4.78, 5) is 2.33. The maximum atomic E-state index is 6.37. The molecule has 1 unspecified atom stereocenters. The minimum atomic E-state index is 0.0717. The molecule has 1 aromatic carbocycles. The minimum Gasteiger partial charge on any atom is -0.302 e. The molecule has 0 aliphatic heterocycles. The Balaban J connectivity index is 2.64. The second-order valence-electron chi connectivity index (χ2n) is 3.51. The molecule has 3 heteroatoms. The number of hydrogen-bond donors (Lipinski definition) is 0. The number of rotatable bonds is 5. The predicted molar refractivity (Wildman–Crippen MR) is 70.5 cm³/mol. The van der Waals surface area contributed by atoms with E-state index in [1.165, 1.54) is 5.56 Å². The molecule has 0 aromatic heterocycles. The Kier molecular flexibility index (Phi) is 5.65. The fourth-order valence-electron chi connectivity index (χ4n) is 1.52. The number of benzene rings is 1. The van der Waals surface area contributed by atoms with E-state index in [2.05, 4.69) is 46.8 Å². The zero-order valence-electron chi connectivity index (χ0n) is 9.21. The first-order valence-electron chi connectivity index (χ1n) is 5.29. The van der Waals surface area contributed by atoms with Crippen LogP contribution < -0.4 is 0 Å². The van der Waals surface area contributed by atoms with Gasteiger partial charge in [-0.2, -0.15) is 0 Å². The van der Waals surface area contributed by atoms with Gasteiger partial charge in [0.15, 0.2) is 0 Å². The largest absolute Gasteiger partial charge is 0.302 e. The zero-order chi connectivity index (χ0) is 11.3. The van der Waals surface area contributed by atoms with E-state index >= 15 is 0 Å². The van der Waals surface area contributed by atoms with E-state index in [1.54, 1.807) is 0 Å². The third-order valence-electron chi connectivity index (χ3n) is 2.52. The van der Waals surface area contributed by atoms with E-state index in [4.69, 9.17) is 11.6 Å². The van der Waals surface area contributed by atoms with E-state index < -0.39 is 0 Å². The van der Waals surface area contributed by atoms with Gasteiger partial charge in [0.1, 0.15) is 0 Å². The lowest BCUT2D eigenvalue weighted by molar-refractivity contribution is 0.304. The predicted octanol–water partition coefficient (Wildman–Crippen LogP) is 4.07. The van der Waals surface area contributed by atoms with Crippen LogP contribution in [0.15, 0.2) is 28.7 Å². The first-order chi connectivity index (χ1) is 7.17. The van der Waals surface area contributed by atoms with Crippen LogP contribution in [0.5, 0.6) is 0 Å². The molecule has 1 nitrogen and oxygen atoms in total. The first-order valence-corrected chi connectivity index (χ1v) is 6.52. The highest BCUT2D eigenvalue weighted by molar-refractivity contribution is 9.10. The van der Waals surface area contributed by atoms with Crippen molar-refractivity contribution in [1.29, 1.82) is 0 Å². The van der Waals surface area contributed by atoms with Crippen molar-refractivity contribution >= 4 is 27.5 Å². The maximum Gasteiger partial charge on any atom is 0.0712 e. The fourth-order valence-corrected chi connectivity index (χ4v) is 2.26. The maximum absolute atomic E-state index is 6.37. The van der Waals surface area contributed by atoms with Crippen molar-refractivity contribution in [3.8, 4) is 0 Å². The van der Waals surface area contributed by atoms with Gasteiger partial charge in [-0.3, -0.25) is 0 Å². The van der Waals surface area contributed by atoms with Crippen LogP contribution in [0.2, 0.25) is 0 Å². The van der Waals surface area contributed by atoms with E-state index in [1.807, 2.05) is 12.1 Å². The summed E-state index contributed by atoms with van der Waals surface area (Å²) >= 11 is 9.83. The molecular weight excluding hydrogens is 273 g/mol. The van der Waals surface area contributed by atoms with E-state index in [-0.39, 0.29) is 5.38 Å². The number of nitrogens with zero attached hydrogens (tertiary/aromatic N) is 1. The van der Waals surface area contributed by atoms with Crippen LogP contribution in [-0.4, -0.2) is 24.5 Å². The molecule has 0 spiro atoms. The van der Waals surface area contributed by atoms with Crippen molar-refractivity contribution < 1.29 is 0 Å². The summed E-state index contributed by atoms with van der Waals surface area (Å²) in [5, 5.41) is 0.0717. The summed E-state index contributed by atoms with van der Waals surface area (Å²) < 4.78 is 1.09. The van der Waals surface area contributed by atoms with Crippen LogP contribution in [0.1, 0.15) is 24.8 Å². The van der Waals surface area contributed by atoms with Gasteiger partial charge in [0.05, 0.1) is 5.38 Å². The number of alkyl halides is 1. The lowest BCUT2D eigenvalue weighted by atomic mass is 10.1. The summed E-state index contributed by atoms with van der Waals surface area (Å²) in [5.74, 6) is 0. The average Bonchev–Trinajstić information content (AvgIpc) is 2.25. The Hall–Kier alpha value is -0.0500. The van der Waals surface area contributed by atoms with Gasteiger partial charge in [0.25, 0.3) is 0 Å². The Morgan fingerprint density at radius 2 is 2.00 bits per heavy atom. The molecule has 1 atom stereocenters. The molecule has 0 saturated carbocycles. The highest BCUT2D eigenvalue weighted by Crippen LogP contribution is 2.24. The lowest BCUT2D eigenvalue weighted by Gasteiger charge is -2.21. The third kappa shape index (κ3) is 4.13. The van der Waals surface area contributed by atoms with Crippen LogP contribution in [0, 0.1) is 0 Å². The van der Waals surface area contributed by atoms with Crippen LogP contribution in [-0.2, 0) is 0 Å². The van der Waals surface area contributed by atoms with Crippen molar-refractivity contribution in [3.05, 3.63) is 34.3 Å². The molecular formula is C12H17BrClN. The van der Waals surface area contributed by atoms with Gasteiger partial charge in [-0.05, 0) is 30.8 Å². The fraction of sp³-hybridized carbons (Fsp3) is 0.500. The summed E-state index contributed by atoms with van der Waals surface area (Å²) in [6, 6.07) is 8.20. The van der Waals surface area contributed by atoms with Gasteiger partial charge in [-0.1, -0.05) is 41.9 Å². The Bertz CT molecular complexity index is 299. The number of likely N-dealkylation sites (N-methyl/N-ethyl adjacent to an activating group) is 1. The van der Waals surface area contributed by atoms with Crippen molar-refractivity contribution in [1.82, 2.24) is 4.90 Å². The SMILES string of the molecule is CCN(CC)CC(Cl)c1cccc(Br)c1. The summed E-state index contributed by atoms with van der Waals surface area (Å²) in [6.07, 6.45) is 0. The van der Waals surface area contributed by atoms with Gasteiger partial charge >= 0.3 is 0 Å². The summed E-state index contributed by atoms with van der Waals surface area (Å²) in [5.41, 5.74) is 1.18. The lowest BCUT2D eigenvalue weighted by Crippen LogP contribution is -2.26. The standard InChI is InChI=1S/C12H17BrClN/c1-3-15(4-2)9-12(14)10-6-5-7-11(13)8-10/h5-8,12H,3-4,9H2,1-2H3. The third-order valence-corrected chi connectivity index (χ3v) is 3.41. The van der Waals surface area contributed by atoms with Crippen LogP contribution in [0.25, 0.3) is 0 Å². The second kappa shape index (κ2) is 6.51. The molecule has 0 N–H and O–H groups in total.